The summed E-state index contributed by atoms with van der Waals surface area (Å²) in [7, 11) is 2.09. The highest BCUT2D eigenvalue weighted by atomic mass is 35.5. The van der Waals surface area contributed by atoms with Gasteiger partial charge in [-0.1, -0.05) is 11.6 Å². The molecule has 1 fully saturated rings. The van der Waals surface area contributed by atoms with E-state index in [0.29, 0.717) is 0 Å². The van der Waals surface area contributed by atoms with Gasteiger partial charge in [0.05, 0.1) is 16.3 Å². The average Bonchev–Trinajstić information content (AvgIpc) is 2.32. The summed E-state index contributed by atoms with van der Waals surface area (Å²) >= 11 is 5.92. The first kappa shape index (κ1) is 13.1. The number of hydrazine groups is 1. The molecule has 6 heteroatoms. The second-order valence-electron chi connectivity index (χ2n) is 4.40. The molecule has 0 aromatic heterocycles. The van der Waals surface area contributed by atoms with Gasteiger partial charge in [-0.15, -0.1) is 0 Å². The number of halogens is 1. The molecule has 1 aromatic carbocycles. The summed E-state index contributed by atoms with van der Waals surface area (Å²) in [6.45, 7) is 3.87. The molecule has 0 saturated carbocycles. The van der Waals surface area contributed by atoms with Crippen LogP contribution in [0.15, 0.2) is 18.2 Å². The fourth-order valence-corrected chi connectivity index (χ4v) is 2.12. The Morgan fingerprint density at radius 1 is 1.33 bits per heavy atom. The molecule has 2 N–H and O–H groups in total. The van der Waals surface area contributed by atoms with Crippen LogP contribution in [0.1, 0.15) is 10.4 Å². The molecule has 0 spiro atoms. The number of benzene rings is 1. The first-order valence-corrected chi connectivity index (χ1v) is 6.17. The highest BCUT2D eigenvalue weighted by Crippen LogP contribution is 2.21. The van der Waals surface area contributed by atoms with E-state index in [4.69, 9.17) is 16.7 Å². The molecule has 0 amide bonds. The molecular weight excluding hydrogens is 254 g/mol. The average molecular weight is 270 g/mol. The molecule has 5 nitrogen and oxygen atoms in total. The molecule has 0 atom stereocenters. The summed E-state index contributed by atoms with van der Waals surface area (Å²) in [5.74, 6) is -1.01. The van der Waals surface area contributed by atoms with Crippen molar-refractivity contribution in [3.8, 4) is 0 Å². The molecule has 1 aliphatic rings. The maximum absolute atomic E-state index is 10.8. The predicted molar refractivity (Wildman–Crippen MR) is 71.1 cm³/mol. The van der Waals surface area contributed by atoms with Crippen molar-refractivity contribution in [1.82, 2.24) is 9.91 Å². The van der Waals surface area contributed by atoms with E-state index >= 15 is 0 Å². The number of hydrogen-bond acceptors (Lipinski definition) is 4. The first-order chi connectivity index (χ1) is 8.56. The topological polar surface area (TPSA) is 55.8 Å². The summed E-state index contributed by atoms with van der Waals surface area (Å²) in [6.07, 6.45) is 0. The van der Waals surface area contributed by atoms with Gasteiger partial charge < -0.3 is 15.4 Å². The zero-order valence-corrected chi connectivity index (χ0v) is 10.9. The number of anilines is 1. The van der Waals surface area contributed by atoms with E-state index < -0.39 is 5.97 Å². The summed E-state index contributed by atoms with van der Waals surface area (Å²) in [5.41, 5.74) is 4.18. The standard InChI is InChI=1S/C12H16ClN3O2/c1-15-4-6-16(7-5-15)14-9-2-3-10(12(17)18)11(13)8-9/h2-3,8,14H,4-7H2,1H3,(H,17,18). The van der Waals surface area contributed by atoms with Crippen molar-refractivity contribution in [3.63, 3.8) is 0 Å². The quantitative estimate of drug-likeness (QED) is 0.873. The molecule has 1 aromatic rings. The van der Waals surface area contributed by atoms with Gasteiger partial charge in [0.1, 0.15) is 0 Å². The van der Waals surface area contributed by atoms with Crippen LogP contribution < -0.4 is 5.43 Å². The number of hydrogen-bond donors (Lipinski definition) is 2. The second kappa shape index (κ2) is 5.56. The largest absolute Gasteiger partial charge is 0.478 e. The van der Waals surface area contributed by atoms with E-state index in [-0.39, 0.29) is 10.6 Å². The van der Waals surface area contributed by atoms with Gasteiger partial charge in [0, 0.05) is 26.2 Å². The fraction of sp³-hybridized carbons (Fsp3) is 0.417. The zero-order valence-electron chi connectivity index (χ0n) is 10.2. The van der Waals surface area contributed by atoms with E-state index in [1.54, 1.807) is 12.1 Å². The minimum absolute atomic E-state index is 0.126. The molecule has 1 heterocycles. The molecule has 0 bridgehead atoms. The van der Waals surface area contributed by atoms with Crippen LogP contribution in [0, 0.1) is 0 Å². The number of carboxylic acids is 1. The van der Waals surface area contributed by atoms with E-state index in [2.05, 4.69) is 22.4 Å². The third kappa shape index (κ3) is 3.13. The van der Waals surface area contributed by atoms with Gasteiger partial charge in [0.25, 0.3) is 0 Å². The Labute approximate surface area is 111 Å². The third-order valence-electron chi connectivity index (χ3n) is 2.99. The number of carbonyl (C=O) groups is 1. The van der Waals surface area contributed by atoms with Crippen molar-refractivity contribution in [2.24, 2.45) is 0 Å². The van der Waals surface area contributed by atoms with E-state index in [1.807, 2.05) is 0 Å². The van der Waals surface area contributed by atoms with Gasteiger partial charge in [0.2, 0.25) is 0 Å². The third-order valence-corrected chi connectivity index (χ3v) is 3.30. The fourth-order valence-electron chi connectivity index (χ4n) is 1.86. The summed E-state index contributed by atoms with van der Waals surface area (Å²) < 4.78 is 0. The van der Waals surface area contributed by atoms with Gasteiger partial charge in [0.15, 0.2) is 0 Å². The van der Waals surface area contributed by atoms with Crippen molar-refractivity contribution in [2.45, 2.75) is 0 Å². The number of likely N-dealkylation sites (N-methyl/N-ethyl adjacent to an activating group) is 1. The van der Waals surface area contributed by atoms with Crippen molar-refractivity contribution < 1.29 is 9.90 Å². The molecule has 0 radical (unpaired) electrons. The molecule has 1 saturated heterocycles. The highest BCUT2D eigenvalue weighted by molar-refractivity contribution is 6.33. The Kier molecular flexibility index (Phi) is 4.06. The Morgan fingerprint density at radius 2 is 2.00 bits per heavy atom. The number of carboxylic acid groups (broad SMARTS) is 1. The summed E-state index contributed by atoms with van der Waals surface area (Å²) in [5, 5.41) is 11.2. The number of nitrogens with zero attached hydrogens (tertiary/aromatic N) is 2. The zero-order chi connectivity index (χ0) is 13.1. The van der Waals surface area contributed by atoms with Crippen LogP contribution in [-0.2, 0) is 0 Å². The van der Waals surface area contributed by atoms with Crippen LogP contribution in [-0.4, -0.2) is 54.2 Å². The lowest BCUT2D eigenvalue weighted by atomic mass is 10.2. The van der Waals surface area contributed by atoms with Crippen LogP contribution in [0.5, 0.6) is 0 Å². The number of rotatable bonds is 3. The number of nitrogens with one attached hydrogen (secondary N) is 1. The molecule has 18 heavy (non-hydrogen) atoms. The lowest BCUT2D eigenvalue weighted by Crippen LogP contribution is -2.46. The predicted octanol–water partition coefficient (Wildman–Crippen LogP) is 1.61. The Bertz CT molecular complexity index is 445. The lowest BCUT2D eigenvalue weighted by molar-refractivity contribution is 0.0697. The maximum atomic E-state index is 10.8. The Balaban J connectivity index is 2.02. The summed E-state index contributed by atoms with van der Waals surface area (Å²) in [6, 6.07) is 4.89. The maximum Gasteiger partial charge on any atom is 0.337 e. The monoisotopic (exact) mass is 269 g/mol. The molecule has 0 aliphatic carbocycles. The number of piperazine rings is 1. The molecule has 1 aliphatic heterocycles. The molecule has 0 unspecified atom stereocenters. The molecule has 98 valence electrons. The molecule has 2 rings (SSSR count). The van der Waals surface area contributed by atoms with E-state index in [9.17, 15) is 4.79 Å². The van der Waals surface area contributed by atoms with Crippen LogP contribution in [0.4, 0.5) is 5.69 Å². The Morgan fingerprint density at radius 3 is 2.56 bits per heavy atom. The van der Waals surface area contributed by atoms with Crippen molar-refractivity contribution in [2.75, 3.05) is 38.7 Å². The summed E-state index contributed by atoms with van der Waals surface area (Å²) in [4.78, 5) is 13.1. The van der Waals surface area contributed by atoms with E-state index in [0.717, 1.165) is 31.9 Å². The van der Waals surface area contributed by atoms with Crippen LogP contribution >= 0.6 is 11.6 Å². The second-order valence-corrected chi connectivity index (χ2v) is 4.81. The van der Waals surface area contributed by atoms with Gasteiger partial charge in [-0.25, -0.2) is 9.80 Å². The van der Waals surface area contributed by atoms with Gasteiger partial charge in [-0.2, -0.15) is 0 Å². The lowest BCUT2D eigenvalue weighted by Gasteiger charge is -2.33. The van der Waals surface area contributed by atoms with Gasteiger partial charge in [-0.3, -0.25) is 0 Å². The highest BCUT2D eigenvalue weighted by Gasteiger charge is 2.14. The number of aromatic carboxylic acids is 1. The minimum Gasteiger partial charge on any atom is -0.478 e. The SMILES string of the molecule is CN1CCN(Nc2ccc(C(=O)O)c(Cl)c2)CC1. The van der Waals surface area contributed by atoms with Crippen LogP contribution in [0.2, 0.25) is 5.02 Å². The normalized spacial score (nSPS) is 17.7. The minimum atomic E-state index is -1.01. The van der Waals surface area contributed by atoms with Gasteiger partial charge in [-0.05, 0) is 25.2 Å². The first-order valence-electron chi connectivity index (χ1n) is 5.79. The van der Waals surface area contributed by atoms with Crippen molar-refractivity contribution >= 4 is 23.3 Å². The smallest absolute Gasteiger partial charge is 0.337 e. The van der Waals surface area contributed by atoms with Crippen molar-refractivity contribution in [3.05, 3.63) is 28.8 Å². The van der Waals surface area contributed by atoms with Crippen LogP contribution in [0.3, 0.4) is 0 Å². The van der Waals surface area contributed by atoms with E-state index in [1.165, 1.54) is 6.07 Å². The van der Waals surface area contributed by atoms with Crippen molar-refractivity contribution in [1.29, 1.82) is 0 Å². The molecular formula is C12H16ClN3O2. The van der Waals surface area contributed by atoms with Crippen LogP contribution in [0.25, 0.3) is 0 Å². The van der Waals surface area contributed by atoms with Gasteiger partial charge >= 0.3 is 5.97 Å². The Hall–Kier alpha value is -1.30.